The van der Waals surface area contributed by atoms with Crippen LogP contribution in [0.15, 0.2) is 24.3 Å². The number of benzene rings is 1. The van der Waals surface area contributed by atoms with Crippen LogP contribution in [0.25, 0.3) is 0 Å². The van der Waals surface area contributed by atoms with Gasteiger partial charge < -0.3 is 10.1 Å². The third-order valence-corrected chi connectivity index (χ3v) is 3.37. The van der Waals surface area contributed by atoms with Gasteiger partial charge in [-0.3, -0.25) is 0 Å². The molecule has 0 aromatic heterocycles. The lowest BCUT2D eigenvalue weighted by Crippen LogP contribution is -2.29. The summed E-state index contributed by atoms with van der Waals surface area (Å²) >= 11 is 0. The summed E-state index contributed by atoms with van der Waals surface area (Å²) in [6.45, 7) is 2.40. The summed E-state index contributed by atoms with van der Waals surface area (Å²) in [6.07, 6.45) is 5.18. The molecule has 1 saturated heterocycles. The van der Waals surface area contributed by atoms with Crippen molar-refractivity contribution in [1.82, 2.24) is 5.32 Å². The van der Waals surface area contributed by atoms with Gasteiger partial charge in [-0.05, 0) is 62.4 Å². The minimum Gasteiger partial charge on any atom is -0.497 e. The zero-order valence-corrected chi connectivity index (χ0v) is 10.0. The maximum Gasteiger partial charge on any atom is 0.119 e. The van der Waals surface area contributed by atoms with Crippen LogP contribution in [0.1, 0.15) is 24.8 Å². The van der Waals surface area contributed by atoms with Crippen molar-refractivity contribution >= 4 is 0 Å². The van der Waals surface area contributed by atoms with Gasteiger partial charge in [0.05, 0.1) is 7.11 Å². The first-order valence-corrected chi connectivity index (χ1v) is 6.22. The zero-order chi connectivity index (χ0) is 11.2. The molecule has 16 heavy (non-hydrogen) atoms. The highest BCUT2D eigenvalue weighted by atomic mass is 16.5. The third kappa shape index (κ3) is 3.24. The second-order valence-electron chi connectivity index (χ2n) is 4.60. The molecule has 1 heterocycles. The molecule has 0 bridgehead atoms. The summed E-state index contributed by atoms with van der Waals surface area (Å²) in [4.78, 5) is 0. The van der Waals surface area contributed by atoms with Crippen LogP contribution in [-0.4, -0.2) is 20.2 Å². The average molecular weight is 219 g/mol. The van der Waals surface area contributed by atoms with Gasteiger partial charge in [0.15, 0.2) is 0 Å². The maximum absolute atomic E-state index is 5.23. The van der Waals surface area contributed by atoms with E-state index in [1.54, 1.807) is 7.11 Å². The summed E-state index contributed by atoms with van der Waals surface area (Å²) in [5.41, 5.74) is 1.39. The minimum atomic E-state index is 0.861. The first-order chi connectivity index (χ1) is 7.88. The van der Waals surface area contributed by atoms with Crippen molar-refractivity contribution < 1.29 is 4.74 Å². The Labute approximate surface area is 98.0 Å². The molecule has 0 saturated carbocycles. The Morgan fingerprint density at radius 1 is 1.44 bits per heavy atom. The van der Waals surface area contributed by atoms with Gasteiger partial charge in [0.25, 0.3) is 0 Å². The van der Waals surface area contributed by atoms with Crippen LogP contribution in [0.5, 0.6) is 5.75 Å². The minimum absolute atomic E-state index is 0.861. The molecule has 2 rings (SSSR count). The second kappa shape index (κ2) is 5.90. The van der Waals surface area contributed by atoms with Gasteiger partial charge in [-0.25, -0.2) is 0 Å². The van der Waals surface area contributed by atoms with Crippen molar-refractivity contribution in [3.8, 4) is 5.75 Å². The molecule has 1 fully saturated rings. The van der Waals surface area contributed by atoms with E-state index in [9.17, 15) is 0 Å². The first-order valence-electron chi connectivity index (χ1n) is 6.22. The quantitative estimate of drug-likeness (QED) is 0.840. The summed E-state index contributed by atoms with van der Waals surface area (Å²) in [6, 6.07) is 8.42. The molecule has 0 aliphatic carbocycles. The Balaban J connectivity index is 1.83. The molecule has 0 amide bonds. The molecule has 1 aromatic rings. The number of nitrogens with one attached hydrogen (secondary N) is 1. The number of piperidine rings is 1. The van der Waals surface area contributed by atoms with Crippen molar-refractivity contribution in [2.75, 3.05) is 20.2 Å². The van der Waals surface area contributed by atoms with Gasteiger partial charge in [0.1, 0.15) is 5.75 Å². The van der Waals surface area contributed by atoms with Crippen LogP contribution in [0.2, 0.25) is 0 Å². The Kier molecular flexibility index (Phi) is 4.23. The van der Waals surface area contributed by atoms with Crippen molar-refractivity contribution in [2.24, 2.45) is 5.92 Å². The fourth-order valence-corrected chi connectivity index (χ4v) is 2.37. The topological polar surface area (TPSA) is 21.3 Å². The summed E-state index contributed by atoms with van der Waals surface area (Å²) in [7, 11) is 1.73. The lowest BCUT2D eigenvalue weighted by atomic mass is 9.93. The van der Waals surface area contributed by atoms with Crippen molar-refractivity contribution in [3.05, 3.63) is 29.8 Å². The lowest BCUT2D eigenvalue weighted by Gasteiger charge is -2.22. The number of hydrogen-bond acceptors (Lipinski definition) is 2. The van der Waals surface area contributed by atoms with Crippen molar-refractivity contribution in [1.29, 1.82) is 0 Å². The normalized spacial score (nSPS) is 20.7. The fourth-order valence-electron chi connectivity index (χ4n) is 2.37. The number of methoxy groups -OCH3 is 1. The Morgan fingerprint density at radius 3 is 3.12 bits per heavy atom. The molecule has 1 aromatic carbocycles. The van der Waals surface area contributed by atoms with Crippen LogP contribution >= 0.6 is 0 Å². The first kappa shape index (κ1) is 11.5. The average Bonchev–Trinajstić information content (AvgIpc) is 2.38. The van der Waals surface area contributed by atoms with Gasteiger partial charge >= 0.3 is 0 Å². The molecule has 88 valence electrons. The number of ether oxygens (including phenoxy) is 1. The van der Waals surface area contributed by atoms with Crippen molar-refractivity contribution in [2.45, 2.75) is 25.7 Å². The predicted molar refractivity (Wildman–Crippen MR) is 66.9 cm³/mol. The van der Waals surface area contributed by atoms with Crippen LogP contribution < -0.4 is 10.1 Å². The largest absolute Gasteiger partial charge is 0.497 e. The van der Waals surface area contributed by atoms with E-state index in [1.165, 1.54) is 44.3 Å². The molecular weight excluding hydrogens is 198 g/mol. The highest BCUT2D eigenvalue weighted by molar-refractivity contribution is 5.28. The zero-order valence-electron chi connectivity index (χ0n) is 10.0. The number of rotatable bonds is 4. The Bertz CT molecular complexity index is 318. The highest BCUT2D eigenvalue weighted by Gasteiger charge is 2.12. The molecule has 1 unspecified atom stereocenters. The summed E-state index contributed by atoms with van der Waals surface area (Å²) in [5.74, 6) is 1.83. The highest BCUT2D eigenvalue weighted by Crippen LogP contribution is 2.19. The van der Waals surface area contributed by atoms with Crippen LogP contribution in [0, 0.1) is 5.92 Å². The number of aryl methyl sites for hydroxylation is 1. The monoisotopic (exact) mass is 219 g/mol. The molecule has 1 aliphatic heterocycles. The van der Waals surface area contributed by atoms with Gasteiger partial charge in [-0.1, -0.05) is 12.1 Å². The van der Waals surface area contributed by atoms with E-state index in [4.69, 9.17) is 4.74 Å². The molecule has 1 N–H and O–H groups in total. The van der Waals surface area contributed by atoms with Gasteiger partial charge in [-0.15, -0.1) is 0 Å². The standard InChI is InChI=1S/C14H21NO/c1-16-14-6-2-4-12(10-14)7-8-13-5-3-9-15-11-13/h2,4,6,10,13,15H,3,5,7-9,11H2,1H3. The number of hydrogen-bond donors (Lipinski definition) is 1. The Hall–Kier alpha value is -1.02. The van der Waals surface area contributed by atoms with Crippen LogP contribution in [-0.2, 0) is 6.42 Å². The fraction of sp³-hybridized carbons (Fsp3) is 0.571. The van der Waals surface area contributed by atoms with Gasteiger partial charge in [0.2, 0.25) is 0 Å². The summed E-state index contributed by atoms with van der Waals surface area (Å²) in [5, 5.41) is 3.47. The van der Waals surface area contributed by atoms with E-state index in [-0.39, 0.29) is 0 Å². The Morgan fingerprint density at radius 2 is 2.38 bits per heavy atom. The molecule has 2 nitrogen and oxygen atoms in total. The van der Waals surface area contributed by atoms with Crippen LogP contribution in [0.3, 0.4) is 0 Å². The van der Waals surface area contributed by atoms with E-state index >= 15 is 0 Å². The molecule has 0 radical (unpaired) electrons. The predicted octanol–water partition coefficient (Wildman–Crippen LogP) is 2.63. The van der Waals surface area contributed by atoms with E-state index < -0.39 is 0 Å². The van der Waals surface area contributed by atoms with E-state index in [0.717, 1.165) is 11.7 Å². The van der Waals surface area contributed by atoms with Gasteiger partial charge in [0, 0.05) is 0 Å². The second-order valence-corrected chi connectivity index (χ2v) is 4.60. The van der Waals surface area contributed by atoms with E-state index in [1.807, 2.05) is 6.07 Å². The summed E-state index contributed by atoms with van der Waals surface area (Å²) < 4.78 is 5.23. The van der Waals surface area contributed by atoms with E-state index in [0.29, 0.717) is 0 Å². The molecular formula is C14H21NO. The molecule has 0 spiro atoms. The molecule has 1 atom stereocenters. The lowest BCUT2D eigenvalue weighted by molar-refractivity contribution is 0.358. The van der Waals surface area contributed by atoms with E-state index in [2.05, 4.69) is 23.5 Å². The molecule has 1 aliphatic rings. The van der Waals surface area contributed by atoms with Gasteiger partial charge in [-0.2, -0.15) is 0 Å². The smallest absolute Gasteiger partial charge is 0.119 e. The van der Waals surface area contributed by atoms with Crippen molar-refractivity contribution in [3.63, 3.8) is 0 Å². The maximum atomic E-state index is 5.23. The molecule has 2 heteroatoms. The van der Waals surface area contributed by atoms with Crippen LogP contribution in [0.4, 0.5) is 0 Å². The third-order valence-electron chi connectivity index (χ3n) is 3.37. The SMILES string of the molecule is COc1cccc(CCC2CCCNC2)c1.